The quantitative estimate of drug-likeness (QED) is 0.179. The average Bonchev–Trinajstić information content (AvgIpc) is 3.53. The summed E-state index contributed by atoms with van der Waals surface area (Å²) in [5, 5.41) is 3.60. The molecule has 240 valence electrons. The van der Waals surface area contributed by atoms with E-state index in [4.69, 9.17) is 16.5 Å². The normalized spacial score (nSPS) is 12.1. The van der Waals surface area contributed by atoms with Crippen LogP contribution in [0.5, 0.6) is 0 Å². The van der Waals surface area contributed by atoms with Crippen LogP contribution in [0.3, 0.4) is 0 Å². The smallest absolute Gasteiger partial charge is 0.308 e. The molecule has 0 atom stereocenters. The number of nitrogens with zero attached hydrogens (tertiary/aromatic N) is 5. The number of alkyl halides is 3. The van der Waals surface area contributed by atoms with Gasteiger partial charge < -0.3 is 9.13 Å². The maximum atomic E-state index is 14.3. The molecule has 0 saturated heterocycles. The molecule has 0 spiro atoms. The number of rotatable bonds is 3. The van der Waals surface area contributed by atoms with Crippen molar-refractivity contribution in [3.8, 4) is 22.8 Å². The van der Waals surface area contributed by atoms with Gasteiger partial charge in [0.25, 0.3) is 0 Å². The molecule has 8 aromatic rings. The summed E-state index contributed by atoms with van der Waals surface area (Å²) in [4.78, 5) is 13.4. The van der Waals surface area contributed by atoms with Crippen molar-refractivity contribution in [3.63, 3.8) is 0 Å². The number of aromatic nitrogens is 4. The number of aryl methyl sites for hydroxylation is 5. The van der Waals surface area contributed by atoms with Crippen LogP contribution >= 0.6 is 0 Å². The second kappa shape index (κ2) is 10.8. The van der Waals surface area contributed by atoms with E-state index in [1.165, 1.54) is 6.07 Å². The molecule has 0 aliphatic carbocycles. The van der Waals surface area contributed by atoms with Gasteiger partial charge in [-0.3, -0.25) is 0 Å². The van der Waals surface area contributed by atoms with Crippen LogP contribution in [-0.4, -0.2) is 19.1 Å². The molecule has 0 radical (unpaired) electrons. The van der Waals surface area contributed by atoms with Gasteiger partial charge in [-0.2, -0.15) is 13.2 Å². The third-order valence-electron chi connectivity index (χ3n) is 9.25. The lowest BCUT2D eigenvalue weighted by Gasteiger charge is -2.20. The molecule has 3 aromatic heterocycles. The number of hydrogen-bond donors (Lipinski definition) is 0. The zero-order valence-electron chi connectivity index (χ0n) is 27.5. The van der Waals surface area contributed by atoms with Crippen molar-refractivity contribution in [2.24, 2.45) is 0 Å². The van der Waals surface area contributed by atoms with E-state index in [-0.39, 0.29) is 0 Å². The van der Waals surface area contributed by atoms with E-state index in [0.717, 1.165) is 66.9 Å². The van der Waals surface area contributed by atoms with E-state index >= 15 is 0 Å². The SMILES string of the molecule is [C-]#[N+]c1cc(-n2c3cc(C)ccc3c3ccc(C(F)(F)F)cc32)c(-n2c3cc(C)ccc3c3ccc(C)cc32)cc1-c1nc(C)cc(C)n1. The predicted molar refractivity (Wildman–Crippen MR) is 191 cm³/mol. The maximum Gasteiger partial charge on any atom is 0.416 e. The highest BCUT2D eigenvalue weighted by Crippen LogP contribution is 2.44. The van der Waals surface area contributed by atoms with Crippen molar-refractivity contribution in [1.82, 2.24) is 19.1 Å². The fourth-order valence-corrected chi connectivity index (χ4v) is 7.10. The molecule has 5 nitrogen and oxygen atoms in total. The van der Waals surface area contributed by atoms with Gasteiger partial charge >= 0.3 is 6.18 Å². The Kier molecular flexibility index (Phi) is 6.69. The Morgan fingerprint density at radius 1 is 0.551 bits per heavy atom. The van der Waals surface area contributed by atoms with E-state index < -0.39 is 11.7 Å². The molecule has 0 aliphatic rings. The van der Waals surface area contributed by atoms with Crippen molar-refractivity contribution in [2.45, 2.75) is 40.8 Å². The number of hydrogen-bond acceptors (Lipinski definition) is 2. The first-order valence-electron chi connectivity index (χ1n) is 15.9. The summed E-state index contributed by atoms with van der Waals surface area (Å²) in [6, 6.07) is 28.0. The summed E-state index contributed by atoms with van der Waals surface area (Å²) >= 11 is 0. The largest absolute Gasteiger partial charge is 0.416 e. The van der Waals surface area contributed by atoms with Gasteiger partial charge in [0.2, 0.25) is 0 Å². The van der Waals surface area contributed by atoms with Gasteiger partial charge in [0, 0.05) is 38.5 Å². The number of halogens is 3. The molecule has 49 heavy (non-hydrogen) atoms. The first-order valence-corrected chi connectivity index (χ1v) is 15.9. The average molecular weight is 650 g/mol. The summed E-state index contributed by atoms with van der Waals surface area (Å²) < 4.78 is 46.8. The Labute approximate surface area is 280 Å². The molecule has 0 amide bonds. The van der Waals surface area contributed by atoms with Gasteiger partial charge in [-0.05, 0) is 99.8 Å². The highest BCUT2D eigenvalue weighted by molar-refractivity contribution is 6.12. The van der Waals surface area contributed by atoms with Crippen molar-refractivity contribution in [3.05, 3.63) is 136 Å². The van der Waals surface area contributed by atoms with Crippen molar-refractivity contribution in [2.75, 3.05) is 0 Å². The summed E-state index contributed by atoms with van der Waals surface area (Å²) in [6.07, 6.45) is -4.54. The van der Waals surface area contributed by atoms with Crippen LogP contribution in [0.1, 0.15) is 33.6 Å². The Morgan fingerprint density at radius 2 is 0.980 bits per heavy atom. The van der Waals surface area contributed by atoms with E-state index in [0.29, 0.717) is 39.4 Å². The molecule has 0 N–H and O–H groups in total. The van der Waals surface area contributed by atoms with E-state index in [2.05, 4.69) is 45.8 Å². The van der Waals surface area contributed by atoms with E-state index in [9.17, 15) is 13.2 Å². The van der Waals surface area contributed by atoms with Gasteiger partial charge in [-0.15, -0.1) is 0 Å². The minimum atomic E-state index is -4.54. The first-order chi connectivity index (χ1) is 23.4. The molecule has 0 fully saturated rings. The molecule has 5 aromatic carbocycles. The Bertz CT molecular complexity index is 2640. The van der Waals surface area contributed by atoms with E-state index in [1.807, 2.05) is 69.5 Å². The second-order valence-corrected chi connectivity index (χ2v) is 12.9. The van der Waals surface area contributed by atoms with Crippen LogP contribution in [0.4, 0.5) is 18.9 Å². The third-order valence-corrected chi connectivity index (χ3v) is 9.25. The fourth-order valence-electron chi connectivity index (χ4n) is 7.10. The molecule has 8 rings (SSSR count). The highest BCUT2D eigenvalue weighted by atomic mass is 19.4. The fraction of sp³-hybridized carbons (Fsp3) is 0.146. The molecule has 8 heteroatoms. The van der Waals surface area contributed by atoms with Gasteiger partial charge in [0.1, 0.15) is 5.82 Å². The maximum absolute atomic E-state index is 14.3. The molecular formula is C41H30F3N5. The summed E-state index contributed by atoms with van der Waals surface area (Å²) in [5.41, 5.74) is 9.02. The van der Waals surface area contributed by atoms with Gasteiger partial charge in [-0.1, -0.05) is 42.5 Å². The van der Waals surface area contributed by atoms with Crippen LogP contribution in [0.25, 0.3) is 71.2 Å². The number of fused-ring (bicyclic) bond motifs is 6. The molecular weight excluding hydrogens is 619 g/mol. The van der Waals surface area contributed by atoms with Crippen molar-refractivity contribution in [1.29, 1.82) is 0 Å². The van der Waals surface area contributed by atoms with Crippen LogP contribution in [0, 0.1) is 41.2 Å². The lowest BCUT2D eigenvalue weighted by molar-refractivity contribution is -0.137. The Morgan fingerprint density at radius 3 is 1.43 bits per heavy atom. The lowest BCUT2D eigenvalue weighted by atomic mass is 10.1. The van der Waals surface area contributed by atoms with Crippen molar-refractivity contribution < 1.29 is 13.2 Å². The number of benzene rings is 5. The van der Waals surface area contributed by atoms with Gasteiger partial charge in [0.15, 0.2) is 5.69 Å². The summed E-state index contributed by atoms with van der Waals surface area (Å²) in [6.45, 7) is 18.1. The van der Waals surface area contributed by atoms with Crippen LogP contribution < -0.4 is 0 Å². The predicted octanol–water partition coefficient (Wildman–Crippen LogP) is 11.4. The molecule has 3 heterocycles. The summed E-state index contributed by atoms with van der Waals surface area (Å²) in [7, 11) is 0. The molecule has 0 bridgehead atoms. The summed E-state index contributed by atoms with van der Waals surface area (Å²) in [5.74, 6) is 0.418. The Balaban J connectivity index is 1.61. The Hall–Kier alpha value is -5.94. The molecule has 0 aliphatic heterocycles. The zero-order chi connectivity index (χ0) is 34.4. The van der Waals surface area contributed by atoms with Crippen LogP contribution in [0.15, 0.2) is 91.0 Å². The standard InChI is InChI=1S/C41H30F3N5/c1-22-7-11-28-29-12-8-23(2)16-35(29)48(34(28)15-22)38-20-32(40-46-25(4)18-26(5)47-40)33(45-6)21-39(38)49-36-17-24(3)9-13-30(36)31-14-10-27(19-37(31)49)41(42,43)44/h7-21H,1-5H3. The minimum absolute atomic E-state index is 0.298. The lowest BCUT2D eigenvalue weighted by Crippen LogP contribution is -2.07. The van der Waals surface area contributed by atoms with Gasteiger partial charge in [0.05, 0.1) is 45.6 Å². The first kappa shape index (κ1) is 30.4. The second-order valence-electron chi connectivity index (χ2n) is 12.9. The topological polar surface area (TPSA) is 40.0 Å². The zero-order valence-corrected chi connectivity index (χ0v) is 27.5. The highest BCUT2D eigenvalue weighted by Gasteiger charge is 2.32. The molecule has 0 unspecified atom stereocenters. The van der Waals surface area contributed by atoms with Gasteiger partial charge in [-0.25, -0.2) is 14.8 Å². The van der Waals surface area contributed by atoms with E-state index in [1.54, 1.807) is 12.1 Å². The monoisotopic (exact) mass is 649 g/mol. The third kappa shape index (κ3) is 4.84. The van der Waals surface area contributed by atoms with Crippen LogP contribution in [0.2, 0.25) is 0 Å². The van der Waals surface area contributed by atoms with Crippen molar-refractivity contribution >= 4 is 49.3 Å². The van der Waals surface area contributed by atoms with Crippen LogP contribution in [-0.2, 0) is 6.18 Å². The minimum Gasteiger partial charge on any atom is -0.308 e. The molecule has 0 saturated carbocycles.